The molecule has 0 aliphatic carbocycles. The maximum Gasteiger partial charge on any atom is 0.312 e. The lowest BCUT2D eigenvalue weighted by Crippen LogP contribution is -2.31. The molecular weight excluding hydrogens is 430 g/mol. The van der Waals surface area contributed by atoms with Gasteiger partial charge in [-0.15, -0.1) is 0 Å². The van der Waals surface area contributed by atoms with Crippen LogP contribution in [0.15, 0.2) is 66.7 Å². The second-order valence-corrected chi connectivity index (χ2v) is 8.76. The van der Waals surface area contributed by atoms with Crippen molar-refractivity contribution in [3.63, 3.8) is 0 Å². The minimum absolute atomic E-state index is 0.243. The SMILES string of the molecule is CC(C)(C)C(=O)OC(C(=O)Nc1ccccc1-c1ccc(O)c(O)c1)c1ccc(Cl)cc1. The summed E-state index contributed by atoms with van der Waals surface area (Å²) in [5.74, 6) is -1.58. The van der Waals surface area contributed by atoms with Crippen molar-refractivity contribution in [2.75, 3.05) is 5.32 Å². The van der Waals surface area contributed by atoms with E-state index in [0.29, 0.717) is 27.4 Å². The van der Waals surface area contributed by atoms with Crippen LogP contribution < -0.4 is 5.32 Å². The zero-order chi connectivity index (χ0) is 23.5. The van der Waals surface area contributed by atoms with E-state index in [1.807, 2.05) is 0 Å². The van der Waals surface area contributed by atoms with Crippen LogP contribution in [0.4, 0.5) is 5.69 Å². The van der Waals surface area contributed by atoms with Gasteiger partial charge in [-0.3, -0.25) is 9.59 Å². The second kappa shape index (κ2) is 9.32. The Kier molecular flexibility index (Phi) is 6.75. The molecule has 1 atom stereocenters. The molecule has 0 aliphatic heterocycles. The average molecular weight is 454 g/mol. The largest absolute Gasteiger partial charge is 0.504 e. The second-order valence-electron chi connectivity index (χ2n) is 8.33. The summed E-state index contributed by atoms with van der Waals surface area (Å²) in [6.45, 7) is 5.12. The highest BCUT2D eigenvalue weighted by atomic mass is 35.5. The number of rotatable bonds is 5. The lowest BCUT2D eigenvalue weighted by Gasteiger charge is -2.23. The van der Waals surface area contributed by atoms with Gasteiger partial charge in [-0.05, 0) is 56.7 Å². The van der Waals surface area contributed by atoms with Gasteiger partial charge in [-0.25, -0.2) is 0 Å². The fourth-order valence-corrected chi connectivity index (χ4v) is 3.05. The van der Waals surface area contributed by atoms with E-state index in [0.717, 1.165) is 0 Å². The van der Waals surface area contributed by atoms with Gasteiger partial charge in [-0.2, -0.15) is 0 Å². The maximum absolute atomic E-state index is 13.3. The molecule has 3 N–H and O–H groups in total. The topological polar surface area (TPSA) is 95.9 Å². The molecule has 6 nitrogen and oxygen atoms in total. The highest BCUT2D eigenvalue weighted by Crippen LogP contribution is 2.35. The third-order valence-corrected chi connectivity index (χ3v) is 4.97. The molecule has 1 amide bonds. The van der Waals surface area contributed by atoms with Crippen LogP contribution in [0, 0.1) is 5.41 Å². The maximum atomic E-state index is 13.3. The van der Waals surface area contributed by atoms with Crippen LogP contribution in [-0.4, -0.2) is 22.1 Å². The Morgan fingerprint density at radius 1 is 0.938 bits per heavy atom. The number of phenols is 2. The molecule has 0 radical (unpaired) electrons. The molecule has 3 rings (SSSR count). The van der Waals surface area contributed by atoms with Gasteiger partial charge in [-0.1, -0.05) is 48.0 Å². The van der Waals surface area contributed by atoms with Gasteiger partial charge in [0.1, 0.15) is 0 Å². The van der Waals surface area contributed by atoms with E-state index >= 15 is 0 Å². The summed E-state index contributed by atoms with van der Waals surface area (Å²) in [7, 11) is 0. The van der Waals surface area contributed by atoms with Crippen molar-refractivity contribution in [3.8, 4) is 22.6 Å². The Balaban J connectivity index is 1.95. The van der Waals surface area contributed by atoms with E-state index in [9.17, 15) is 19.8 Å². The summed E-state index contributed by atoms with van der Waals surface area (Å²) < 4.78 is 5.59. The number of amides is 1. The molecule has 7 heteroatoms. The van der Waals surface area contributed by atoms with E-state index < -0.39 is 23.4 Å². The molecule has 166 valence electrons. The first-order valence-electron chi connectivity index (χ1n) is 9.95. The summed E-state index contributed by atoms with van der Waals surface area (Å²) >= 11 is 5.97. The Labute approximate surface area is 191 Å². The first-order valence-corrected chi connectivity index (χ1v) is 10.3. The van der Waals surface area contributed by atoms with Crippen LogP contribution in [0.5, 0.6) is 11.5 Å². The van der Waals surface area contributed by atoms with E-state index in [1.165, 1.54) is 12.1 Å². The third-order valence-electron chi connectivity index (χ3n) is 4.72. The standard InChI is InChI=1S/C25H24ClNO5/c1-25(2,3)24(31)32-22(15-8-11-17(26)12-9-15)23(30)27-19-7-5-4-6-18(19)16-10-13-20(28)21(29)14-16/h4-14,22,28-29H,1-3H3,(H,27,30). The molecule has 0 spiro atoms. The highest BCUT2D eigenvalue weighted by Gasteiger charge is 2.31. The van der Waals surface area contributed by atoms with Crippen molar-refractivity contribution in [2.24, 2.45) is 5.41 Å². The van der Waals surface area contributed by atoms with Gasteiger partial charge in [0, 0.05) is 21.8 Å². The molecule has 3 aromatic carbocycles. The number of hydrogen-bond acceptors (Lipinski definition) is 5. The van der Waals surface area contributed by atoms with Crippen LogP contribution in [-0.2, 0) is 14.3 Å². The third kappa shape index (κ3) is 5.39. The Morgan fingerprint density at radius 3 is 2.22 bits per heavy atom. The monoisotopic (exact) mass is 453 g/mol. The summed E-state index contributed by atoms with van der Waals surface area (Å²) in [6, 6.07) is 17.9. The molecule has 0 heterocycles. The Hall–Kier alpha value is -3.51. The molecule has 0 saturated heterocycles. The summed E-state index contributed by atoms with van der Waals surface area (Å²) in [5, 5.41) is 22.8. The molecule has 0 saturated carbocycles. The normalized spacial score (nSPS) is 12.1. The van der Waals surface area contributed by atoms with Crippen molar-refractivity contribution < 1.29 is 24.5 Å². The van der Waals surface area contributed by atoms with Crippen molar-refractivity contribution >= 4 is 29.2 Å². The number of ether oxygens (including phenoxy) is 1. The number of aromatic hydroxyl groups is 2. The first-order chi connectivity index (χ1) is 15.1. The van der Waals surface area contributed by atoms with Crippen molar-refractivity contribution in [2.45, 2.75) is 26.9 Å². The van der Waals surface area contributed by atoms with Gasteiger partial charge in [0.15, 0.2) is 11.5 Å². The number of benzene rings is 3. The number of halogens is 1. The summed E-state index contributed by atoms with van der Waals surface area (Å²) in [5.41, 5.74) is 1.34. The van der Waals surface area contributed by atoms with E-state index in [1.54, 1.807) is 75.4 Å². The lowest BCUT2D eigenvalue weighted by molar-refractivity contribution is -0.162. The smallest absolute Gasteiger partial charge is 0.312 e. The zero-order valence-electron chi connectivity index (χ0n) is 17.9. The predicted molar refractivity (Wildman–Crippen MR) is 124 cm³/mol. The van der Waals surface area contributed by atoms with Crippen molar-refractivity contribution in [3.05, 3.63) is 77.3 Å². The quantitative estimate of drug-likeness (QED) is 0.341. The highest BCUT2D eigenvalue weighted by molar-refractivity contribution is 6.30. The lowest BCUT2D eigenvalue weighted by atomic mass is 9.97. The van der Waals surface area contributed by atoms with Gasteiger partial charge in [0.05, 0.1) is 5.41 Å². The number of carbonyl (C=O) groups is 2. The zero-order valence-corrected chi connectivity index (χ0v) is 18.7. The molecule has 0 aliphatic rings. The van der Waals surface area contributed by atoms with Crippen molar-refractivity contribution in [1.29, 1.82) is 0 Å². The van der Waals surface area contributed by atoms with Crippen LogP contribution in [0.1, 0.15) is 32.4 Å². The van der Waals surface area contributed by atoms with E-state index in [4.69, 9.17) is 16.3 Å². The van der Waals surface area contributed by atoms with Crippen LogP contribution in [0.25, 0.3) is 11.1 Å². The fraction of sp³-hybridized carbons (Fsp3) is 0.200. The fourth-order valence-electron chi connectivity index (χ4n) is 2.93. The molecule has 32 heavy (non-hydrogen) atoms. The average Bonchev–Trinajstić information content (AvgIpc) is 2.74. The number of esters is 1. The number of hydrogen-bond donors (Lipinski definition) is 3. The molecule has 0 aromatic heterocycles. The number of carbonyl (C=O) groups excluding carboxylic acids is 2. The van der Waals surface area contributed by atoms with Crippen LogP contribution in [0.3, 0.4) is 0 Å². The Morgan fingerprint density at radius 2 is 1.59 bits per heavy atom. The minimum Gasteiger partial charge on any atom is -0.504 e. The number of para-hydroxylation sites is 1. The van der Waals surface area contributed by atoms with E-state index in [-0.39, 0.29) is 11.5 Å². The summed E-state index contributed by atoms with van der Waals surface area (Å²) in [4.78, 5) is 25.8. The Bertz CT molecular complexity index is 1140. The molecular formula is C25H24ClNO5. The molecule has 0 fully saturated rings. The van der Waals surface area contributed by atoms with Gasteiger partial charge in [0.25, 0.3) is 5.91 Å². The van der Waals surface area contributed by atoms with Gasteiger partial charge in [0.2, 0.25) is 6.10 Å². The predicted octanol–water partition coefficient (Wildman–Crippen LogP) is 5.69. The number of anilines is 1. The molecule has 1 unspecified atom stereocenters. The number of nitrogens with one attached hydrogen (secondary N) is 1. The first kappa shape index (κ1) is 23.2. The van der Waals surface area contributed by atoms with Crippen LogP contribution >= 0.6 is 11.6 Å². The molecule has 3 aromatic rings. The van der Waals surface area contributed by atoms with Gasteiger partial charge < -0.3 is 20.3 Å². The molecule has 0 bridgehead atoms. The minimum atomic E-state index is -1.19. The van der Waals surface area contributed by atoms with Gasteiger partial charge >= 0.3 is 5.97 Å². The van der Waals surface area contributed by atoms with Crippen LogP contribution in [0.2, 0.25) is 5.02 Å². The number of phenolic OH excluding ortho intramolecular Hbond substituents is 2. The summed E-state index contributed by atoms with van der Waals surface area (Å²) in [6.07, 6.45) is -1.19. The van der Waals surface area contributed by atoms with E-state index in [2.05, 4.69) is 5.32 Å². The van der Waals surface area contributed by atoms with Crippen molar-refractivity contribution in [1.82, 2.24) is 0 Å².